The van der Waals surface area contributed by atoms with Crippen LogP contribution in [0.4, 0.5) is 5.13 Å². The van der Waals surface area contributed by atoms with Crippen molar-refractivity contribution < 1.29 is 28.9 Å². The number of β-lactam (4-membered cyclic amide) rings is 1. The van der Waals surface area contributed by atoms with Crippen LogP contribution in [0.2, 0.25) is 0 Å². The second kappa shape index (κ2) is 9.23. The van der Waals surface area contributed by atoms with Crippen LogP contribution in [0.25, 0.3) is 11.0 Å². The van der Waals surface area contributed by atoms with E-state index < -0.39 is 29.2 Å². The minimum absolute atomic E-state index is 0.144. The molecule has 3 aromatic rings. The maximum Gasteiger partial charge on any atom is 0.276 e. The highest BCUT2D eigenvalue weighted by Gasteiger charge is 2.53. The maximum atomic E-state index is 13.0. The van der Waals surface area contributed by atoms with Gasteiger partial charge in [-0.15, -0.1) is 23.1 Å². The molecular formula is C21H20N8O5S2. The molecule has 0 aliphatic carbocycles. The highest BCUT2D eigenvalue weighted by atomic mass is 32.2. The molecule has 4 N–H and O–H groups in total. The highest BCUT2D eigenvalue weighted by molar-refractivity contribution is 8.00. The van der Waals surface area contributed by atoms with Crippen molar-refractivity contribution in [3.05, 3.63) is 46.6 Å². The molecule has 2 aliphatic heterocycles. The molecule has 186 valence electrons. The molecule has 36 heavy (non-hydrogen) atoms. The number of thiazole rings is 1. The molecule has 0 bridgehead atoms. The van der Waals surface area contributed by atoms with E-state index in [-0.39, 0.29) is 28.8 Å². The first kappa shape index (κ1) is 23.7. The summed E-state index contributed by atoms with van der Waals surface area (Å²) < 4.78 is 1.80. The lowest BCUT2D eigenvalue weighted by atomic mass is 10.0. The van der Waals surface area contributed by atoms with E-state index in [0.717, 1.165) is 33.1 Å². The molecule has 0 spiro atoms. The number of aromatic amines is 1. The molecule has 3 aromatic heterocycles. The Bertz CT molecular complexity index is 1460. The van der Waals surface area contributed by atoms with Crippen LogP contribution >= 0.6 is 23.1 Å². The van der Waals surface area contributed by atoms with Gasteiger partial charge >= 0.3 is 0 Å². The van der Waals surface area contributed by atoms with Crippen molar-refractivity contribution in [1.82, 2.24) is 25.2 Å². The van der Waals surface area contributed by atoms with Gasteiger partial charge in [0.25, 0.3) is 11.8 Å². The molecule has 1 saturated heterocycles. The number of fused-ring (bicyclic) bond motifs is 2. The van der Waals surface area contributed by atoms with Crippen molar-refractivity contribution in [2.75, 3.05) is 18.6 Å². The van der Waals surface area contributed by atoms with Gasteiger partial charge in [-0.1, -0.05) is 5.16 Å². The number of nitrogens with two attached hydrogens (primary N) is 1. The number of pyridine rings is 1. The van der Waals surface area contributed by atoms with Crippen LogP contribution in [0, 0.1) is 6.92 Å². The maximum absolute atomic E-state index is 13.0. The number of nitrogens with one attached hydrogen (secondary N) is 2. The zero-order valence-corrected chi connectivity index (χ0v) is 20.7. The Labute approximate surface area is 212 Å². The molecule has 1 fully saturated rings. The quantitative estimate of drug-likeness (QED) is 0.144. The van der Waals surface area contributed by atoms with E-state index in [1.54, 1.807) is 22.3 Å². The van der Waals surface area contributed by atoms with Crippen LogP contribution in [0.1, 0.15) is 11.5 Å². The molecule has 15 heteroatoms. The molecule has 2 atom stereocenters. The number of aryl methyl sites for hydroxylation is 1. The summed E-state index contributed by atoms with van der Waals surface area (Å²) in [5, 5.41) is 19.6. The summed E-state index contributed by atoms with van der Waals surface area (Å²) in [6.07, 6.45) is 3.61. The molecule has 2 aliphatic rings. The number of hydrogen-bond acceptors (Lipinski definition) is 11. The van der Waals surface area contributed by atoms with Crippen LogP contribution in [-0.4, -0.2) is 67.6 Å². The van der Waals surface area contributed by atoms with E-state index in [2.05, 4.69) is 25.4 Å². The van der Waals surface area contributed by atoms with Crippen LogP contribution < -0.4 is 20.7 Å². The van der Waals surface area contributed by atoms with Crippen LogP contribution in [0.3, 0.4) is 0 Å². The smallest absolute Gasteiger partial charge is 0.276 e. The van der Waals surface area contributed by atoms with Crippen molar-refractivity contribution in [1.29, 1.82) is 0 Å². The monoisotopic (exact) mass is 528 g/mol. The number of amides is 2. The van der Waals surface area contributed by atoms with Crippen LogP contribution in [-0.2, 0) is 25.8 Å². The Morgan fingerprint density at radius 3 is 2.94 bits per heavy atom. The largest absolute Gasteiger partial charge is 0.543 e. The molecule has 1 unspecified atom stereocenters. The number of oxime groups is 1. The fraction of sp³-hybridized carbons (Fsp3) is 0.286. The lowest BCUT2D eigenvalue weighted by molar-refractivity contribution is -0.687. The zero-order chi connectivity index (χ0) is 25.6. The topological polar surface area (TPSA) is 183 Å². The van der Waals surface area contributed by atoms with E-state index in [1.165, 1.54) is 18.9 Å². The SMILES string of the molecule is CON=C(C(=O)NC1C(=O)N2C(C(=O)[O-])=C(C[n+]3ccc4[nH]c(C)nc4c3)CS[C@@H]12)c1csc(N)n1. The van der Waals surface area contributed by atoms with Crippen LogP contribution in [0.5, 0.6) is 0 Å². The van der Waals surface area contributed by atoms with Gasteiger partial charge in [0.15, 0.2) is 35.3 Å². The molecule has 0 aromatic carbocycles. The first-order chi connectivity index (χ1) is 17.3. The summed E-state index contributed by atoms with van der Waals surface area (Å²) in [6, 6.07) is 0.899. The molecular weight excluding hydrogens is 508 g/mol. The average Bonchev–Trinajstić information content (AvgIpc) is 3.44. The molecule has 0 saturated carbocycles. The number of carbonyl (C=O) groups excluding carboxylic acids is 3. The minimum atomic E-state index is -1.45. The number of aromatic nitrogens is 4. The van der Waals surface area contributed by atoms with E-state index >= 15 is 0 Å². The van der Waals surface area contributed by atoms with Crippen molar-refractivity contribution in [3.63, 3.8) is 0 Å². The minimum Gasteiger partial charge on any atom is -0.543 e. The van der Waals surface area contributed by atoms with Gasteiger partial charge in [0.2, 0.25) is 0 Å². The Morgan fingerprint density at radius 2 is 2.25 bits per heavy atom. The third kappa shape index (κ3) is 4.15. The Kier molecular flexibility index (Phi) is 6.09. The number of thioether (sulfide) groups is 1. The number of H-pyrrole nitrogens is 1. The number of carbonyl (C=O) groups is 3. The molecule has 0 radical (unpaired) electrons. The van der Waals surface area contributed by atoms with Gasteiger partial charge in [-0.25, -0.2) is 9.97 Å². The summed E-state index contributed by atoms with van der Waals surface area (Å²) in [4.78, 5) is 55.4. The van der Waals surface area contributed by atoms with Gasteiger partial charge in [-0.2, -0.15) is 4.57 Å². The number of nitrogen functional groups attached to an aromatic ring is 1. The zero-order valence-electron chi connectivity index (χ0n) is 19.0. The van der Waals surface area contributed by atoms with Crippen molar-refractivity contribution >= 4 is 62.8 Å². The molecule has 2 amide bonds. The Balaban J connectivity index is 1.36. The van der Waals surface area contributed by atoms with Crippen LogP contribution in [0.15, 0.2) is 40.3 Å². The number of aliphatic carboxylic acids is 1. The van der Waals surface area contributed by atoms with Gasteiger partial charge in [0, 0.05) is 22.8 Å². The number of carboxylic acids is 1. The molecule has 5 heterocycles. The highest BCUT2D eigenvalue weighted by Crippen LogP contribution is 2.40. The lowest BCUT2D eigenvalue weighted by Crippen LogP contribution is -2.71. The number of nitrogens with zero attached hydrogens (tertiary/aromatic N) is 5. The van der Waals surface area contributed by atoms with Gasteiger partial charge in [-0.3, -0.25) is 14.5 Å². The normalized spacial score (nSPS) is 19.8. The number of rotatable bonds is 7. The van der Waals surface area contributed by atoms with E-state index in [4.69, 9.17) is 10.6 Å². The van der Waals surface area contributed by atoms with Gasteiger partial charge < -0.3 is 30.8 Å². The summed E-state index contributed by atoms with van der Waals surface area (Å²) in [5.41, 5.74) is 7.65. The van der Waals surface area contributed by atoms with E-state index in [0.29, 0.717) is 11.3 Å². The van der Waals surface area contributed by atoms with Crippen molar-refractivity contribution in [2.24, 2.45) is 5.16 Å². The lowest BCUT2D eigenvalue weighted by Gasteiger charge is -2.50. The van der Waals surface area contributed by atoms with Gasteiger partial charge in [0.05, 0.1) is 17.2 Å². The standard InChI is InChI=1S/C21H20N8O5S2/c1-9-23-11-3-4-28(6-12(11)24-9)5-10-7-35-19-15(18(31)29(19)16(10)20(32)33)26-17(30)14(27-34-2)13-8-36-21(22)25-13/h3-4,6,8,15,19H,5,7H2,1-2H3,(H4,22,25,26,30,32,33)/t15?,19-/m0/s1. The number of hydrogen-bond donors (Lipinski definition) is 3. The van der Waals surface area contributed by atoms with E-state index in [9.17, 15) is 19.5 Å². The number of anilines is 1. The first-order valence-electron chi connectivity index (χ1n) is 10.6. The Hall–Kier alpha value is -3.98. The fourth-order valence-corrected chi connectivity index (χ4v) is 6.02. The predicted octanol–water partition coefficient (Wildman–Crippen LogP) is -1.35. The summed E-state index contributed by atoms with van der Waals surface area (Å²) in [5.74, 6) is -1.61. The third-order valence-corrected chi connectivity index (χ3v) is 7.68. The second-order valence-electron chi connectivity index (χ2n) is 8.03. The van der Waals surface area contributed by atoms with Gasteiger partial charge in [-0.05, 0) is 6.92 Å². The molecule has 5 rings (SSSR count). The first-order valence-corrected chi connectivity index (χ1v) is 12.6. The summed E-state index contributed by atoms with van der Waals surface area (Å²) >= 11 is 2.47. The Morgan fingerprint density at radius 1 is 1.44 bits per heavy atom. The fourth-order valence-electron chi connectivity index (χ4n) is 4.14. The number of carboxylic acid groups (broad SMARTS) is 1. The third-order valence-electron chi connectivity index (χ3n) is 5.66. The summed E-state index contributed by atoms with van der Waals surface area (Å²) in [7, 11) is 1.28. The second-order valence-corrected chi connectivity index (χ2v) is 10.0. The number of imidazole rings is 1. The average molecular weight is 529 g/mol. The van der Waals surface area contributed by atoms with Crippen molar-refractivity contribution in [2.45, 2.75) is 24.9 Å². The predicted molar refractivity (Wildman–Crippen MR) is 128 cm³/mol. The molecule has 13 nitrogen and oxygen atoms in total. The summed E-state index contributed by atoms with van der Waals surface area (Å²) in [6.45, 7) is 2.08. The van der Waals surface area contributed by atoms with Gasteiger partial charge in [0.1, 0.15) is 30.0 Å². The van der Waals surface area contributed by atoms with E-state index in [1.807, 2.05) is 13.0 Å². The van der Waals surface area contributed by atoms with Crippen molar-refractivity contribution in [3.8, 4) is 0 Å².